The van der Waals surface area contributed by atoms with Crippen molar-refractivity contribution >= 4 is 0 Å². The fourth-order valence-corrected chi connectivity index (χ4v) is 2.84. The van der Waals surface area contributed by atoms with Crippen LogP contribution in [0.15, 0.2) is 12.3 Å². The molecule has 1 saturated carbocycles. The summed E-state index contributed by atoms with van der Waals surface area (Å²) in [6, 6.07) is 2.81. The first-order valence-corrected chi connectivity index (χ1v) is 7.05. The molecule has 0 saturated heterocycles. The topological polar surface area (TPSA) is 48.3 Å². The Balaban J connectivity index is 1.97. The van der Waals surface area contributed by atoms with E-state index in [9.17, 15) is 0 Å². The summed E-state index contributed by atoms with van der Waals surface area (Å²) < 4.78 is 12.8. The molecule has 1 aliphatic rings. The molecule has 1 atom stereocenters. The lowest BCUT2D eigenvalue weighted by atomic mass is 10.1. The van der Waals surface area contributed by atoms with Crippen molar-refractivity contribution in [2.45, 2.75) is 50.5 Å². The minimum atomic E-state index is -0.248. The number of nitrogens with one attached hydrogen (secondary N) is 1. The van der Waals surface area contributed by atoms with E-state index in [1.54, 1.807) is 14.2 Å². The zero-order valence-corrected chi connectivity index (χ0v) is 12.1. The molecule has 0 spiro atoms. The number of hydrogen-bond donors (Lipinski definition) is 1. The number of rotatable bonds is 7. The minimum absolute atomic E-state index is 0.113. The number of methoxy groups -OCH3 is 2. The van der Waals surface area contributed by atoms with Crippen LogP contribution < -0.4 is 5.32 Å². The Morgan fingerprint density at radius 1 is 1.37 bits per heavy atom. The van der Waals surface area contributed by atoms with Crippen LogP contribution in [0.2, 0.25) is 0 Å². The van der Waals surface area contributed by atoms with Crippen LogP contribution in [-0.2, 0) is 15.9 Å². The van der Waals surface area contributed by atoms with E-state index in [1.807, 2.05) is 7.05 Å². The molecule has 5 heteroatoms. The molecular formula is C14H25N3O2. The standard InChI is InChI=1S/C14H25N3O2/c1-15-13(14(18-2)19-3)10-11-8-9-17(16-11)12-6-4-5-7-12/h8-9,12-15H,4-7,10H2,1-3H3. The zero-order chi connectivity index (χ0) is 13.7. The largest absolute Gasteiger partial charge is 0.354 e. The average molecular weight is 267 g/mol. The summed E-state index contributed by atoms with van der Waals surface area (Å²) in [5.41, 5.74) is 1.09. The molecule has 108 valence electrons. The van der Waals surface area contributed by atoms with Gasteiger partial charge in [0.25, 0.3) is 0 Å². The molecule has 1 fully saturated rings. The maximum atomic E-state index is 5.31. The molecular weight excluding hydrogens is 242 g/mol. The van der Waals surface area contributed by atoms with E-state index >= 15 is 0 Å². The van der Waals surface area contributed by atoms with Crippen LogP contribution >= 0.6 is 0 Å². The Hall–Kier alpha value is -0.910. The first kappa shape index (κ1) is 14.5. The third kappa shape index (κ3) is 3.55. The Labute approximate surface area is 115 Å². The first-order valence-electron chi connectivity index (χ1n) is 7.05. The minimum Gasteiger partial charge on any atom is -0.354 e. The van der Waals surface area contributed by atoms with Gasteiger partial charge in [-0.1, -0.05) is 12.8 Å². The van der Waals surface area contributed by atoms with Gasteiger partial charge in [-0.05, 0) is 26.0 Å². The van der Waals surface area contributed by atoms with E-state index < -0.39 is 0 Å². The number of ether oxygens (including phenoxy) is 2. The van der Waals surface area contributed by atoms with Crippen molar-refractivity contribution in [1.82, 2.24) is 15.1 Å². The molecule has 19 heavy (non-hydrogen) atoms. The molecule has 1 aromatic heterocycles. The molecule has 0 amide bonds. The fourth-order valence-electron chi connectivity index (χ4n) is 2.84. The summed E-state index contributed by atoms with van der Waals surface area (Å²) in [6.07, 6.45) is 7.84. The van der Waals surface area contributed by atoms with Gasteiger partial charge in [0.05, 0.1) is 17.8 Å². The second-order valence-electron chi connectivity index (χ2n) is 5.16. The van der Waals surface area contributed by atoms with Gasteiger partial charge in [0.15, 0.2) is 6.29 Å². The van der Waals surface area contributed by atoms with Crippen LogP contribution in [0.25, 0.3) is 0 Å². The molecule has 1 heterocycles. The normalized spacial score (nSPS) is 18.3. The second-order valence-corrected chi connectivity index (χ2v) is 5.16. The molecule has 1 N–H and O–H groups in total. The Morgan fingerprint density at radius 2 is 2.05 bits per heavy atom. The van der Waals surface area contributed by atoms with Crippen molar-refractivity contribution in [3.05, 3.63) is 18.0 Å². The molecule has 0 aromatic carbocycles. The van der Waals surface area contributed by atoms with Gasteiger partial charge in [-0.3, -0.25) is 4.68 Å². The van der Waals surface area contributed by atoms with Gasteiger partial charge in [0.1, 0.15) is 0 Å². The fraction of sp³-hybridized carbons (Fsp3) is 0.786. The molecule has 1 unspecified atom stereocenters. The van der Waals surface area contributed by atoms with Gasteiger partial charge in [0, 0.05) is 26.8 Å². The van der Waals surface area contributed by atoms with Crippen LogP contribution in [0.5, 0.6) is 0 Å². The number of nitrogens with zero attached hydrogens (tertiary/aromatic N) is 2. The SMILES string of the molecule is CNC(Cc1ccn(C2CCCC2)n1)C(OC)OC. The lowest BCUT2D eigenvalue weighted by molar-refractivity contribution is -0.121. The monoisotopic (exact) mass is 267 g/mol. The zero-order valence-electron chi connectivity index (χ0n) is 12.1. The summed E-state index contributed by atoms with van der Waals surface area (Å²) in [7, 11) is 5.24. The molecule has 2 rings (SSSR count). The van der Waals surface area contributed by atoms with Crippen molar-refractivity contribution in [3.8, 4) is 0 Å². The maximum absolute atomic E-state index is 5.31. The van der Waals surface area contributed by atoms with Gasteiger partial charge >= 0.3 is 0 Å². The van der Waals surface area contributed by atoms with E-state index in [4.69, 9.17) is 14.6 Å². The lowest BCUT2D eigenvalue weighted by Gasteiger charge is -2.23. The summed E-state index contributed by atoms with van der Waals surface area (Å²) in [5.74, 6) is 0. The van der Waals surface area contributed by atoms with Crippen LogP contribution in [0.1, 0.15) is 37.4 Å². The summed E-state index contributed by atoms with van der Waals surface area (Å²) in [6.45, 7) is 0. The second kappa shape index (κ2) is 7.03. The van der Waals surface area contributed by atoms with E-state index in [0.717, 1.165) is 12.1 Å². The predicted octanol–water partition coefficient (Wildman–Crippen LogP) is 1.75. The third-order valence-corrected chi connectivity index (χ3v) is 3.96. The maximum Gasteiger partial charge on any atom is 0.172 e. The van der Waals surface area contributed by atoms with Gasteiger partial charge < -0.3 is 14.8 Å². The molecule has 1 aromatic rings. The van der Waals surface area contributed by atoms with E-state index in [1.165, 1.54) is 25.7 Å². The number of likely N-dealkylation sites (N-methyl/N-ethyl adjacent to an activating group) is 1. The molecule has 0 aliphatic heterocycles. The summed E-state index contributed by atoms with van der Waals surface area (Å²) in [4.78, 5) is 0. The lowest BCUT2D eigenvalue weighted by Crippen LogP contribution is -2.41. The van der Waals surface area contributed by atoms with E-state index in [2.05, 4.69) is 22.3 Å². The van der Waals surface area contributed by atoms with Crippen LogP contribution in [0.3, 0.4) is 0 Å². The highest BCUT2D eigenvalue weighted by atomic mass is 16.7. The summed E-state index contributed by atoms with van der Waals surface area (Å²) in [5, 5.41) is 7.93. The molecule has 0 radical (unpaired) electrons. The van der Waals surface area contributed by atoms with Crippen LogP contribution in [0.4, 0.5) is 0 Å². The first-order chi connectivity index (χ1) is 9.28. The number of hydrogen-bond acceptors (Lipinski definition) is 4. The highest BCUT2D eigenvalue weighted by molar-refractivity contribution is 5.03. The Bertz CT molecular complexity index is 371. The van der Waals surface area contributed by atoms with Crippen molar-refractivity contribution < 1.29 is 9.47 Å². The van der Waals surface area contributed by atoms with Gasteiger partial charge in [-0.15, -0.1) is 0 Å². The van der Waals surface area contributed by atoms with Crippen molar-refractivity contribution in [2.75, 3.05) is 21.3 Å². The van der Waals surface area contributed by atoms with Gasteiger partial charge in [0.2, 0.25) is 0 Å². The van der Waals surface area contributed by atoms with Gasteiger partial charge in [-0.2, -0.15) is 5.10 Å². The molecule has 5 nitrogen and oxygen atoms in total. The molecule has 1 aliphatic carbocycles. The van der Waals surface area contributed by atoms with E-state index in [0.29, 0.717) is 6.04 Å². The quantitative estimate of drug-likeness (QED) is 0.765. The van der Waals surface area contributed by atoms with Crippen molar-refractivity contribution in [1.29, 1.82) is 0 Å². The highest BCUT2D eigenvalue weighted by Crippen LogP contribution is 2.28. The average Bonchev–Trinajstić information content (AvgIpc) is 3.09. The van der Waals surface area contributed by atoms with Gasteiger partial charge in [-0.25, -0.2) is 0 Å². The third-order valence-electron chi connectivity index (χ3n) is 3.96. The van der Waals surface area contributed by atoms with Crippen LogP contribution in [-0.4, -0.2) is 43.4 Å². The summed E-state index contributed by atoms with van der Waals surface area (Å²) >= 11 is 0. The predicted molar refractivity (Wildman–Crippen MR) is 74.1 cm³/mol. The molecule has 0 bridgehead atoms. The van der Waals surface area contributed by atoms with Crippen LogP contribution in [0, 0.1) is 0 Å². The Morgan fingerprint density at radius 3 is 2.63 bits per heavy atom. The van der Waals surface area contributed by atoms with Crippen molar-refractivity contribution in [2.24, 2.45) is 0 Å². The smallest absolute Gasteiger partial charge is 0.172 e. The highest BCUT2D eigenvalue weighted by Gasteiger charge is 2.22. The van der Waals surface area contributed by atoms with Crippen molar-refractivity contribution in [3.63, 3.8) is 0 Å². The number of aromatic nitrogens is 2. The Kier molecular flexibility index (Phi) is 5.36. The van der Waals surface area contributed by atoms with E-state index in [-0.39, 0.29) is 12.3 Å².